The van der Waals surface area contributed by atoms with Crippen LogP contribution in [0.2, 0.25) is 0 Å². The number of amides is 1. The molecule has 0 saturated carbocycles. The van der Waals surface area contributed by atoms with Crippen molar-refractivity contribution in [2.45, 2.75) is 27.2 Å². The van der Waals surface area contributed by atoms with E-state index in [2.05, 4.69) is 5.32 Å². The molecule has 1 aromatic carbocycles. The van der Waals surface area contributed by atoms with Crippen LogP contribution in [0.5, 0.6) is 5.75 Å². The topological polar surface area (TPSA) is 38.3 Å². The zero-order valence-corrected chi connectivity index (χ0v) is 9.46. The number of benzene rings is 1. The highest BCUT2D eigenvalue weighted by Crippen LogP contribution is 2.22. The van der Waals surface area contributed by atoms with Crippen molar-refractivity contribution in [3.8, 4) is 5.75 Å². The summed E-state index contributed by atoms with van der Waals surface area (Å²) in [6.07, 6.45) is 0.484. The van der Waals surface area contributed by atoms with Crippen LogP contribution in [-0.2, 0) is 4.79 Å². The van der Waals surface area contributed by atoms with Crippen molar-refractivity contribution in [3.63, 3.8) is 0 Å². The number of ether oxygens (including phenoxy) is 1. The molecule has 0 spiro atoms. The summed E-state index contributed by atoms with van der Waals surface area (Å²) in [5.74, 6) is 0.840. The molecule has 0 aliphatic rings. The van der Waals surface area contributed by atoms with E-state index in [4.69, 9.17) is 4.74 Å². The van der Waals surface area contributed by atoms with E-state index in [1.165, 1.54) is 0 Å². The lowest BCUT2D eigenvalue weighted by molar-refractivity contribution is -0.115. The molecule has 1 N–H and O–H groups in total. The van der Waals surface area contributed by atoms with Gasteiger partial charge in [-0.3, -0.25) is 4.79 Å². The van der Waals surface area contributed by atoms with Gasteiger partial charge < -0.3 is 10.1 Å². The lowest BCUT2D eigenvalue weighted by Gasteiger charge is -2.09. The second kappa shape index (κ2) is 5.39. The van der Waals surface area contributed by atoms with Crippen LogP contribution in [0, 0.1) is 6.92 Å². The fraction of sp³-hybridized carbons (Fsp3) is 0.417. The summed E-state index contributed by atoms with van der Waals surface area (Å²) >= 11 is 0. The van der Waals surface area contributed by atoms with Crippen molar-refractivity contribution in [2.24, 2.45) is 0 Å². The maximum atomic E-state index is 11.2. The Kier molecular flexibility index (Phi) is 4.16. The van der Waals surface area contributed by atoms with E-state index in [0.29, 0.717) is 13.0 Å². The first-order chi connectivity index (χ1) is 7.17. The quantitative estimate of drug-likeness (QED) is 0.824. The van der Waals surface area contributed by atoms with Gasteiger partial charge in [-0.15, -0.1) is 0 Å². The Morgan fingerprint density at radius 2 is 2.13 bits per heavy atom. The van der Waals surface area contributed by atoms with E-state index in [0.717, 1.165) is 17.0 Å². The Morgan fingerprint density at radius 3 is 2.73 bits per heavy atom. The lowest BCUT2D eigenvalue weighted by atomic mass is 10.2. The molecule has 1 aromatic rings. The Hall–Kier alpha value is -1.51. The maximum absolute atomic E-state index is 11.2. The van der Waals surface area contributed by atoms with Crippen LogP contribution in [0.1, 0.15) is 25.8 Å². The number of anilines is 1. The van der Waals surface area contributed by atoms with E-state index in [1.807, 2.05) is 39.0 Å². The van der Waals surface area contributed by atoms with Crippen LogP contribution in [0.15, 0.2) is 18.2 Å². The predicted molar refractivity (Wildman–Crippen MR) is 61.3 cm³/mol. The van der Waals surface area contributed by atoms with E-state index >= 15 is 0 Å². The highest BCUT2D eigenvalue weighted by atomic mass is 16.5. The Labute approximate surface area is 90.4 Å². The number of aryl methyl sites for hydroxylation is 1. The molecule has 0 fully saturated rings. The van der Waals surface area contributed by atoms with Gasteiger partial charge in [0.15, 0.2) is 0 Å². The summed E-state index contributed by atoms with van der Waals surface area (Å²) in [6.45, 7) is 6.38. The minimum atomic E-state index is 0.0151. The van der Waals surface area contributed by atoms with Gasteiger partial charge in [0.2, 0.25) is 5.91 Å². The maximum Gasteiger partial charge on any atom is 0.224 e. The molecule has 0 aliphatic carbocycles. The zero-order valence-electron chi connectivity index (χ0n) is 9.46. The normalized spacial score (nSPS) is 9.80. The highest BCUT2D eigenvalue weighted by molar-refractivity contribution is 5.90. The highest BCUT2D eigenvalue weighted by Gasteiger charge is 2.03. The average Bonchev–Trinajstić information content (AvgIpc) is 2.23. The minimum Gasteiger partial charge on any atom is -0.494 e. The third-order valence-corrected chi connectivity index (χ3v) is 2.09. The summed E-state index contributed by atoms with van der Waals surface area (Å²) in [5, 5.41) is 2.80. The van der Waals surface area contributed by atoms with E-state index < -0.39 is 0 Å². The number of carbonyl (C=O) groups is 1. The third kappa shape index (κ3) is 3.27. The molecule has 15 heavy (non-hydrogen) atoms. The summed E-state index contributed by atoms with van der Waals surface area (Å²) < 4.78 is 5.44. The molecule has 1 amide bonds. The zero-order chi connectivity index (χ0) is 11.3. The Bertz CT molecular complexity index is 347. The number of hydrogen-bond donors (Lipinski definition) is 1. The molecule has 0 atom stereocenters. The summed E-state index contributed by atoms with van der Waals surface area (Å²) in [6, 6.07) is 5.67. The van der Waals surface area contributed by atoms with E-state index in [-0.39, 0.29) is 5.91 Å². The molecule has 3 heteroatoms. The van der Waals surface area contributed by atoms with E-state index in [1.54, 1.807) is 0 Å². The van der Waals surface area contributed by atoms with Crippen molar-refractivity contribution in [3.05, 3.63) is 23.8 Å². The van der Waals surface area contributed by atoms with Gasteiger partial charge in [-0.05, 0) is 25.5 Å². The molecule has 1 rings (SSSR count). The number of rotatable bonds is 4. The van der Waals surface area contributed by atoms with Crippen LogP contribution < -0.4 is 10.1 Å². The monoisotopic (exact) mass is 207 g/mol. The third-order valence-electron chi connectivity index (χ3n) is 2.09. The molecule has 0 radical (unpaired) electrons. The van der Waals surface area contributed by atoms with Crippen LogP contribution in [0.3, 0.4) is 0 Å². The Morgan fingerprint density at radius 1 is 1.40 bits per heavy atom. The summed E-state index contributed by atoms with van der Waals surface area (Å²) in [4.78, 5) is 11.2. The number of hydrogen-bond acceptors (Lipinski definition) is 2. The van der Waals surface area contributed by atoms with Gasteiger partial charge in [-0.1, -0.05) is 13.0 Å². The first-order valence-corrected chi connectivity index (χ1v) is 5.20. The largest absolute Gasteiger partial charge is 0.494 e. The molecule has 0 aliphatic heterocycles. The van der Waals surface area contributed by atoms with Gasteiger partial charge in [-0.2, -0.15) is 0 Å². The predicted octanol–water partition coefficient (Wildman–Crippen LogP) is 2.74. The van der Waals surface area contributed by atoms with Crippen LogP contribution in [-0.4, -0.2) is 12.5 Å². The first kappa shape index (κ1) is 11.6. The fourth-order valence-electron chi connectivity index (χ4n) is 1.24. The van der Waals surface area contributed by atoms with Crippen molar-refractivity contribution >= 4 is 11.6 Å². The standard InChI is InChI=1S/C12H17NO2/c1-4-12(14)13-10-7-6-9(3)11(8-10)15-5-2/h6-8H,4-5H2,1-3H3,(H,13,14). The van der Waals surface area contributed by atoms with Crippen molar-refractivity contribution < 1.29 is 9.53 Å². The molecule has 0 unspecified atom stereocenters. The second-order valence-electron chi connectivity index (χ2n) is 3.32. The molecule has 3 nitrogen and oxygen atoms in total. The average molecular weight is 207 g/mol. The van der Waals surface area contributed by atoms with Gasteiger partial charge >= 0.3 is 0 Å². The van der Waals surface area contributed by atoms with Crippen molar-refractivity contribution in [1.82, 2.24) is 0 Å². The number of nitrogens with one attached hydrogen (secondary N) is 1. The first-order valence-electron chi connectivity index (χ1n) is 5.20. The van der Waals surface area contributed by atoms with Crippen LogP contribution >= 0.6 is 0 Å². The smallest absolute Gasteiger partial charge is 0.224 e. The van der Waals surface area contributed by atoms with Crippen molar-refractivity contribution in [1.29, 1.82) is 0 Å². The lowest BCUT2D eigenvalue weighted by Crippen LogP contribution is -2.09. The fourth-order valence-corrected chi connectivity index (χ4v) is 1.24. The molecule has 82 valence electrons. The molecule has 0 bridgehead atoms. The molecular weight excluding hydrogens is 190 g/mol. The van der Waals surface area contributed by atoms with Crippen molar-refractivity contribution in [2.75, 3.05) is 11.9 Å². The van der Waals surface area contributed by atoms with Gasteiger partial charge in [0.1, 0.15) is 5.75 Å². The second-order valence-corrected chi connectivity index (χ2v) is 3.32. The van der Waals surface area contributed by atoms with Gasteiger partial charge in [-0.25, -0.2) is 0 Å². The minimum absolute atomic E-state index is 0.0151. The summed E-state index contributed by atoms with van der Waals surface area (Å²) in [5.41, 5.74) is 1.86. The van der Waals surface area contributed by atoms with Crippen LogP contribution in [0.25, 0.3) is 0 Å². The molecular formula is C12H17NO2. The van der Waals surface area contributed by atoms with Gasteiger partial charge in [0.05, 0.1) is 6.61 Å². The molecule has 0 heterocycles. The van der Waals surface area contributed by atoms with E-state index in [9.17, 15) is 4.79 Å². The molecule has 0 aromatic heterocycles. The van der Waals surface area contributed by atoms with Crippen LogP contribution in [0.4, 0.5) is 5.69 Å². The summed E-state index contributed by atoms with van der Waals surface area (Å²) in [7, 11) is 0. The SMILES string of the molecule is CCOc1cc(NC(=O)CC)ccc1C. The number of carbonyl (C=O) groups excluding carboxylic acids is 1. The Balaban J connectivity index is 2.82. The van der Waals surface area contributed by atoms with Gasteiger partial charge in [0, 0.05) is 18.2 Å². The van der Waals surface area contributed by atoms with Gasteiger partial charge in [0.25, 0.3) is 0 Å². The molecule has 0 saturated heterocycles.